The second kappa shape index (κ2) is 8.27. The maximum atomic E-state index is 11.9. The van der Waals surface area contributed by atoms with E-state index in [0.717, 1.165) is 18.5 Å². The molecular formula is C19H26N4O2. The summed E-state index contributed by atoms with van der Waals surface area (Å²) in [6, 6.07) is 10.6. The summed E-state index contributed by atoms with van der Waals surface area (Å²) >= 11 is 0. The number of rotatable bonds is 7. The van der Waals surface area contributed by atoms with Gasteiger partial charge in [0.05, 0.1) is 30.9 Å². The number of imidazole rings is 1. The van der Waals surface area contributed by atoms with Crippen LogP contribution in [0.5, 0.6) is 0 Å². The standard InChI is InChI=1S/C19H26N4O2/c1-23-13-20-11-17(23)19-16(8-9-18(24)22-19)21-15(12-25-2)10-14-6-4-3-5-7-14/h3-7,11,13,15-16,19,21H,8-10,12H2,1-2H3,(H,22,24)/t15?,16-,19-/m1/s1. The van der Waals surface area contributed by atoms with Gasteiger partial charge in [0.2, 0.25) is 5.91 Å². The molecule has 1 saturated heterocycles. The second-order valence-corrected chi connectivity index (χ2v) is 6.63. The van der Waals surface area contributed by atoms with Crippen LogP contribution in [0.25, 0.3) is 0 Å². The molecule has 3 atom stereocenters. The number of carbonyl (C=O) groups is 1. The van der Waals surface area contributed by atoms with Crippen LogP contribution >= 0.6 is 0 Å². The Kier molecular flexibility index (Phi) is 5.83. The van der Waals surface area contributed by atoms with Crippen molar-refractivity contribution in [1.82, 2.24) is 20.2 Å². The molecule has 1 aromatic carbocycles. The summed E-state index contributed by atoms with van der Waals surface area (Å²) in [4.78, 5) is 16.1. The van der Waals surface area contributed by atoms with Gasteiger partial charge in [-0.25, -0.2) is 4.98 Å². The Morgan fingerprint density at radius 3 is 2.88 bits per heavy atom. The fourth-order valence-corrected chi connectivity index (χ4v) is 3.49. The Labute approximate surface area is 148 Å². The normalized spacial score (nSPS) is 21.8. The predicted molar refractivity (Wildman–Crippen MR) is 96.1 cm³/mol. The highest BCUT2D eigenvalue weighted by Gasteiger charge is 2.32. The Morgan fingerprint density at radius 2 is 2.20 bits per heavy atom. The number of hydrogen-bond donors (Lipinski definition) is 2. The quantitative estimate of drug-likeness (QED) is 0.802. The first-order valence-electron chi connectivity index (χ1n) is 8.72. The Hall–Kier alpha value is -2.18. The van der Waals surface area contributed by atoms with E-state index in [2.05, 4.69) is 39.9 Å². The van der Waals surface area contributed by atoms with Gasteiger partial charge in [-0.05, 0) is 18.4 Å². The lowest BCUT2D eigenvalue weighted by atomic mass is 9.94. The number of amides is 1. The van der Waals surface area contributed by atoms with Crippen molar-refractivity contribution in [1.29, 1.82) is 0 Å². The van der Waals surface area contributed by atoms with E-state index >= 15 is 0 Å². The number of aromatic nitrogens is 2. The first-order chi connectivity index (χ1) is 12.2. The molecule has 1 fully saturated rings. The number of carbonyl (C=O) groups excluding carboxylic acids is 1. The minimum absolute atomic E-state index is 0.0797. The number of methoxy groups -OCH3 is 1. The molecule has 0 saturated carbocycles. The highest BCUT2D eigenvalue weighted by Crippen LogP contribution is 2.24. The largest absolute Gasteiger partial charge is 0.383 e. The summed E-state index contributed by atoms with van der Waals surface area (Å²) in [5, 5.41) is 6.83. The van der Waals surface area contributed by atoms with Gasteiger partial charge in [-0.15, -0.1) is 0 Å². The van der Waals surface area contributed by atoms with Gasteiger partial charge in [0.1, 0.15) is 0 Å². The van der Waals surface area contributed by atoms with E-state index < -0.39 is 0 Å². The lowest BCUT2D eigenvalue weighted by Crippen LogP contribution is -2.53. The zero-order valence-corrected chi connectivity index (χ0v) is 14.8. The van der Waals surface area contributed by atoms with Crippen molar-refractivity contribution in [2.75, 3.05) is 13.7 Å². The molecule has 0 bridgehead atoms. The summed E-state index contributed by atoms with van der Waals surface area (Å²) in [7, 11) is 3.68. The van der Waals surface area contributed by atoms with Gasteiger partial charge in [0, 0.05) is 32.7 Å². The number of nitrogens with one attached hydrogen (secondary N) is 2. The maximum Gasteiger partial charge on any atom is 0.220 e. The lowest BCUT2D eigenvalue weighted by molar-refractivity contribution is -0.124. The average Bonchev–Trinajstić information content (AvgIpc) is 3.03. The first-order valence-corrected chi connectivity index (χ1v) is 8.72. The van der Waals surface area contributed by atoms with Crippen molar-refractivity contribution >= 4 is 5.91 Å². The van der Waals surface area contributed by atoms with Crippen LogP contribution in [0.2, 0.25) is 0 Å². The summed E-state index contributed by atoms with van der Waals surface area (Å²) in [6.45, 7) is 0.622. The number of aryl methyl sites for hydroxylation is 1. The molecule has 2 N–H and O–H groups in total. The summed E-state index contributed by atoms with van der Waals surface area (Å²) in [6.07, 6.45) is 5.82. The molecule has 134 valence electrons. The van der Waals surface area contributed by atoms with E-state index in [1.807, 2.05) is 23.9 Å². The van der Waals surface area contributed by atoms with Crippen LogP contribution < -0.4 is 10.6 Å². The SMILES string of the molecule is COCC(Cc1ccccc1)N[C@@H]1CCC(=O)N[C@H]1c1cncn1C. The molecule has 1 aliphatic rings. The third-order valence-corrected chi connectivity index (χ3v) is 4.72. The molecule has 1 aliphatic heterocycles. The lowest BCUT2D eigenvalue weighted by Gasteiger charge is -2.35. The molecule has 1 aromatic heterocycles. The van der Waals surface area contributed by atoms with E-state index in [-0.39, 0.29) is 24.0 Å². The predicted octanol–water partition coefficient (Wildman–Crippen LogP) is 1.59. The van der Waals surface area contributed by atoms with Crippen LogP contribution in [0.15, 0.2) is 42.9 Å². The van der Waals surface area contributed by atoms with E-state index in [9.17, 15) is 4.79 Å². The van der Waals surface area contributed by atoms with Gasteiger partial charge < -0.3 is 19.9 Å². The van der Waals surface area contributed by atoms with Crippen LogP contribution in [-0.2, 0) is 23.0 Å². The number of benzene rings is 1. The molecule has 25 heavy (non-hydrogen) atoms. The highest BCUT2D eigenvalue weighted by atomic mass is 16.5. The Morgan fingerprint density at radius 1 is 1.40 bits per heavy atom. The second-order valence-electron chi connectivity index (χ2n) is 6.63. The van der Waals surface area contributed by atoms with Crippen LogP contribution in [0, 0.1) is 0 Å². The van der Waals surface area contributed by atoms with Crippen molar-refractivity contribution in [3.63, 3.8) is 0 Å². The number of nitrogens with zero attached hydrogens (tertiary/aromatic N) is 2. The molecule has 0 radical (unpaired) electrons. The van der Waals surface area contributed by atoms with Crippen molar-refractivity contribution in [3.05, 3.63) is 54.1 Å². The minimum Gasteiger partial charge on any atom is -0.383 e. The smallest absolute Gasteiger partial charge is 0.220 e. The molecule has 0 aliphatic carbocycles. The highest BCUT2D eigenvalue weighted by molar-refractivity contribution is 5.77. The third-order valence-electron chi connectivity index (χ3n) is 4.72. The van der Waals surface area contributed by atoms with E-state index in [1.54, 1.807) is 13.4 Å². The molecule has 3 rings (SSSR count). The number of piperidine rings is 1. The summed E-state index contributed by atoms with van der Waals surface area (Å²) < 4.78 is 7.39. The molecule has 6 nitrogen and oxygen atoms in total. The summed E-state index contributed by atoms with van der Waals surface area (Å²) in [5.41, 5.74) is 2.29. The maximum absolute atomic E-state index is 11.9. The van der Waals surface area contributed by atoms with Crippen LogP contribution in [-0.4, -0.2) is 41.3 Å². The topological polar surface area (TPSA) is 68.2 Å². The van der Waals surface area contributed by atoms with Gasteiger partial charge in [-0.2, -0.15) is 0 Å². The minimum atomic E-state index is -0.0797. The molecular weight excluding hydrogens is 316 g/mol. The van der Waals surface area contributed by atoms with E-state index in [4.69, 9.17) is 4.74 Å². The average molecular weight is 342 g/mol. The number of hydrogen-bond acceptors (Lipinski definition) is 4. The van der Waals surface area contributed by atoms with Gasteiger partial charge in [0.25, 0.3) is 0 Å². The van der Waals surface area contributed by atoms with Crippen LogP contribution in [0.3, 0.4) is 0 Å². The first kappa shape index (κ1) is 17.6. The van der Waals surface area contributed by atoms with Crippen LogP contribution in [0.1, 0.15) is 30.1 Å². The zero-order valence-electron chi connectivity index (χ0n) is 14.8. The fraction of sp³-hybridized carbons (Fsp3) is 0.474. The van der Waals surface area contributed by atoms with E-state index in [0.29, 0.717) is 13.0 Å². The van der Waals surface area contributed by atoms with E-state index in [1.165, 1.54) is 5.56 Å². The Bertz CT molecular complexity index is 686. The third kappa shape index (κ3) is 4.46. The Balaban J connectivity index is 1.74. The van der Waals surface area contributed by atoms with Gasteiger partial charge in [0.15, 0.2) is 0 Å². The fourth-order valence-electron chi connectivity index (χ4n) is 3.49. The molecule has 1 unspecified atom stereocenters. The zero-order chi connectivity index (χ0) is 17.6. The summed E-state index contributed by atoms with van der Waals surface area (Å²) in [5.74, 6) is 0.0931. The van der Waals surface area contributed by atoms with Crippen molar-refractivity contribution < 1.29 is 9.53 Å². The number of ether oxygens (including phenoxy) is 1. The van der Waals surface area contributed by atoms with Crippen molar-refractivity contribution in [3.8, 4) is 0 Å². The van der Waals surface area contributed by atoms with Crippen LogP contribution in [0.4, 0.5) is 0 Å². The van der Waals surface area contributed by atoms with Crippen molar-refractivity contribution in [2.24, 2.45) is 7.05 Å². The molecule has 2 aromatic rings. The molecule has 6 heteroatoms. The van der Waals surface area contributed by atoms with Gasteiger partial charge in [-0.3, -0.25) is 4.79 Å². The van der Waals surface area contributed by atoms with Gasteiger partial charge >= 0.3 is 0 Å². The molecule has 1 amide bonds. The van der Waals surface area contributed by atoms with Crippen molar-refractivity contribution in [2.45, 2.75) is 37.4 Å². The molecule has 0 spiro atoms. The molecule has 2 heterocycles. The van der Waals surface area contributed by atoms with Gasteiger partial charge in [-0.1, -0.05) is 30.3 Å². The monoisotopic (exact) mass is 342 g/mol.